The standard InChI is InChI=1S/C8H12N4O2/c13-12(14)8-5-7(10-11-8)4-6-2-1-3-9-6/h5-6,9H,1-4H2,(H,10,11). The first-order valence-corrected chi connectivity index (χ1v) is 4.68. The van der Waals surface area contributed by atoms with Crippen molar-refractivity contribution in [3.8, 4) is 0 Å². The fraction of sp³-hybridized carbons (Fsp3) is 0.625. The maximum absolute atomic E-state index is 10.4. The third kappa shape index (κ3) is 1.90. The molecular weight excluding hydrogens is 184 g/mol. The molecule has 0 aromatic carbocycles. The summed E-state index contributed by atoms with van der Waals surface area (Å²) in [7, 11) is 0. The summed E-state index contributed by atoms with van der Waals surface area (Å²) < 4.78 is 0. The van der Waals surface area contributed by atoms with Crippen molar-refractivity contribution in [1.29, 1.82) is 0 Å². The van der Waals surface area contributed by atoms with Crippen LogP contribution >= 0.6 is 0 Å². The van der Waals surface area contributed by atoms with Gasteiger partial charge in [0, 0.05) is 12.5 Å². The van der Waals surface area contributed by atoms with Gasteiger partial charge >= 0.3 is 5.82 Å². The minimum Gasteiger partial charge on any atom is -0.358 e. The lowest BCUT2D eigenvalue weighted by Gasteiger charge is -2.05. The van der Waals surface area contributed by atoms with E-state index in [1.54, 1.807) is 0 Å². The van der Waals surface area contributed by atoms with Crippen molar-refractivity contribution < 1.29 is 4.92 Å². The zero-order valence-electron chi connectivity index (χ0n) is 7.69. The van der Waals surface area contributed by atoms with E-state index in [0.29, 0.717) is 6.04 Å². The van der Waals surface area contributed by atoms with E-state index < -0.39 is 4.92 Å². The van der Waals surface area contributed by atoms with Crippen molar-refractivity contribution in [2.45, 2.75) is 25.3 Å². The number of nitro groups is 1. The lowest BCUT2D eigenvalue weighted by molar-refractivity contribution is -0.389. The lowest BCUT2D eigenvalue weighted by Crippen LogP contribution is -2.23. The second-order valence-electron chi connectivity index (χ2n) is 3.50. The van der Waals surface area contributed by atoms with Crippen LogP contribution in [0.4, 0.5) is 5.82 Å². The quantitative estimate of drug-likeness (QED) is 0.548. The van der Waals surface area contributed by atoms with Crippen LogP contribution in [0.2, 0.25) is 0 Å². The maximum Gasteiger partial charge on any atom is 0.342 e. The van der Waals surface area contributed by atoms with Gasteiger partial charge in [-0.3, -0.25) is 0 Å². The van der Waals surface area contributed by atoms with Crippen molar-refractivity contribution in [2.24, 2.45) is 0 Å². The van der Waals surface area contributed by atoms with Crippen LogP contribution in [0, 0.1) is 10.1 Å². The highest BCUT2D eigenvalue weighted by atomic mass is 16.6. The van der Waals surface area contributed by atoms with Gasteiger partial charge in [0.1, 0.15) is 0 Å². The van der Waals surface area contributed by atoms with Crippen LogP contribution in [0.25, 0.3) is 0 Å². The smallest absolute Gasteiger partial charge is 0.342 e. The Bertz CT molecular complexity index is 330. The van der Waals surface area contributed by atoms with E-state index in [4.69, 9.17) is 0 Å². The SMILES string of the molecule is O=[N+]([O-])c1cc(CC2CCCN2)n[nH]1. The Morgan fingerprint density at radius 3 is 3.14 bits per heavy atom. The highest BCUT2D eigenvalue weighted by Gasteiger charge is 2.18. The molecular formula is C8H12N4O2. The van der Waals surface area contributed by atoms with Gasteiger partial charge < -0.3 is 15.4 Å². The Kier molecular flexibility index (Phi) is 2.45. The van der Waals surface area contributed by atoms with Gasteiger partial charge in [-0.2, -0.15) is 0 Å². The van der Waals surface area contributed by atoms with Crippen LogP contribution in [0.1, 0.15) is 18.5 Å². The number of nitrogens with one attached hydrogen (secondary N) is 2. The van der Waals surface area contributed by atoms with Crippen LogP contribution in [0.15, 0.2) is 6.07 Å². The summed E-state index contributed by atoms with van der Waals surface area (Å²) >= 11 is 0. The number of rotatable bonds is 3. The molecule has 1 aliphatic rings. The number of H-pyrrole nitrogens is 1. The topological polar surface area (TPSA) is 83.8 Å². The molecule has 6 nitrogen and oxygen atoms in total. The molecule has 0 amide bonds. The first-order valence-electron chi connectivity index (χ1n) is 4.68. The molecule has 2 rings (SSSR count). The van der Waals surface area contributed by atoms with Crippen LogP contribution in [-0.2, 0) is 6.42 Å². The van der Waals surface area contributed by atoms with E-state index in [1.807, 2.05) is 0 Å². The van der Waals surface area contributed by atoms with Gasteiger partial charge in [-0.05, 0) is 24.3 Å². The van der Waals surface area contributed by atoms with Crippen LogP contribution in [-0.4, -0.2) is 27.7 Å². The number of aromatic amines is 1. The van der Waals surface area contributed by atoms with E-state index in [2.05, 4.69) is 15.5 Å². The van der Waals surface area contributed by atoms with Gasteiger partial charge in [0.25, 0.3) is 0 Å². The third-order valence-electron chi connectivity index (χ3n) is 2.43. The first kappa shape index (κ1) is 9.14. The van der Waals surface area contributed by atoms with Crippen LogP contribution in [0.3, 0.4) is 0 Å². The predicted molar refractivity (Wildman–Crippen MR) is 50.0 cm³/mol. The Hall–Kier alpha value is -1.43. The van der Waals surface area contributed by atoms with Gasteiger partial charge in [0.2, 0.25) is 0 Å². The first-order chi connectivity index (χ1) is 6.75. The minimum absolute atomic E-state index is 0.0296. The monoisotopic (exact) mass is 196 g/mol. The van der Waals surface area contributed by atoms with Gasteiger partial charge in [0.05, 0.1) is 11.8 Å². The van der Waals surface area contributed by atoms with Gasteiger partial charge in [-0.15, -0.1) is 5.10 Å². The normalized spacial score (nSPS) is 21.3. The molecule has 1 aliphatic heterocycles. The summed E-state index contributed by atoms with van der Waals surface area (Å²) in [5.41, 5.74) is 0.760. The van der Waals surface area contributed by atoms with E-state index in [-0.39, 0.29) is 5.82 Å². The van der Waals surface area contributed by atoms with Crippen molar-refractivity contribution in [2.75, 3.05) is 6.54 Å². The largest absolute Gasteiger partial charge is 0.358 e. The van der Waals surface area contributed by atoms with E-state index in [1.165, 1.54) is 12.5 Å². The van der Waals surface area contributed by atoms with Crippen molar-refractivity contribution in [1.82, 2.24) is 15.5 Å². The highest BCUT2D eigenvalue weighted by Crippen LogP contribution is 2.13. The van der Waals surface area contributed by atoms with E-state index in [0.717, 1.165) is 25.1 Å². The maximum atomic E-state index is 10.4. The van der Waals surface area contributed by atoms with Crippen molar-refractivity contribution in [3.05, 3.63) is 21.9 Å². The Morgan fingerprint density at radius 2 is 2.57 bits per heavy atom. The summed E-state index contributed by atoms with van der Waals surface area (Å²) in [5.74, 6) is -0.0296. The zero-order chi connectivity index (χ0) is 9.97. The van der Waals surface area contributed by atoms with Crippen LogP contribution in [0.5, 0.6) is 0 Å². The average Bonchev–Trinajstić information content (AvgIpc) is 2.75. The zero-order valence-corrected chi connectivity index (χ0v) is 7.69. The molecule has 0 bridgehead atoms. The molecule has 76 valence electrons. The summed E-state index contributed by atoms with van der Waals surface area (Å²) in [5, 5.41) is 20.0. The van der Waals surface area contributed by atoms with Gasteiger partial charge in [-0.1, -0.05) is 5.10 Å². The molecule has 1 unspecified atom stereocenters. The summed E-state index contributed by atoms with van der Waals surface area (Å²) in [6.07, 6.45) is 3.07. The van der Waals surface area contributed by atoms with Crippen molar-refractivity contribution in [3.63, 3.8) is 0 Å². The number of nitrogens with zero attached hydrogens (tertiary/aromatic N) is 2. The van der Waals surface area contributed by atoms with E-state index in [9.17, 15) is 10.1 Å². The average molecular weight is 196 g/mol. The summed E-state index contributed by atoms with van der Waals surface area (Å²) in [4.78, 5) is 9.91. The molecule has 2 heterocycles. The van der Waals surface area contributed by atoms with Gasteiger partial charge in [-0.25, -0.2) is 0 Å². The number of hydrogen-bond acceptors (Lipinski definition) is 4. The molecule has 1 saturated heterocycles. The molecule has 0 saturated carbocycles. The summed E-state index contributed by atoms with van der Waals surface area (Å²) in [6.45, 7) is 1.04. The fourth-order valence-corrected chi connectivity index (χ4v) is 1.73. The predicted octanol–water partition coefficient (Wildman–Crippen LogP) is 0.612. The van der Waals surface area contributed by atoms with Gasteiger partial charge in [0.15, 0.2) is 0 Å². The Balaban J connectivity index is 1.98. The number of aromatic nitrogens is 2. The molecule has 0 aliphatic carbocycles. The molecule has 1 aromatic heterocycles. The second kappa shape index (κ2) is 3.75. The Morgan fingerprint density at radius 1 is 1.71 bits per heavy atom. The van der Waals surface area contributed by atoms with Crippen LogP contribution < -0.4 is 5.32 Å². The fourth-order valence-electron chi connectivity index (χ4n) is 1.73. The highest BCUT2D eigenvalue weighted by molar-refractivity contribution is 5.21. The minimum atomic E-state index is -0.460. The molecule has 14 heavy (non-hydrogen) atoms. The van der Waals surface area contributed by atoms with Crippen molar-refractivity contribution >= 4 is 5.82 Å². The molecule has 1 fully saturated rings. The molecule has 0 spiro atoms. The molecule has 0 radical (unpaired) electrons. The lowest BCUT2D eigenvalue weighted by atomic mass is 10.1. The Labute approximate surface area is 80.9 Å². The summed E-state index contributed by atoms with van der Waals surface area (Å²) in [6, 6.07) is 1.93. The molecule has 1 aromatic rings. The molecule has 6 heteroatoms. The second-order valence-corrected chi connectivity index (χ2v) is 3.50. The molecule has 1 atom stereocenters. The van der Waals surface area contributed by atoms with E-state index >= 15 is 0 Å². The third-order valence-corrected chi connectivity index (χ3v) is 2.43. The number of hydrogen-bond donors (Lipinski definition) is 2. The molecule has 2 N–H and O–H groups in total.